The average molecular weight is 238 g/mol. The van der Waals surface area contributed by atoms with Crippen molar-refractivity contribution in [1.29, 1.82) is 0 Å². The highest BCUT2D eigenvalue weighted by Crippen LogP contribution is 2.33. The molecule has 2 heterocycles. The lowest BCUT2D eigenvalue weighted by molar-refractivity contribution is 0.198. The van der Waals surface area contributed by atoms with E-state index in [2.05, 4.69) is 30.9 Å². The number of thiophene rings is 1. The van der Waals surface area contributed by atoms with Gasteiger partial charge in [-0.15, -0.1) is 11.3 Å². The van der Waals surface area contributed by atoms with Crippen LogP contribution in [0.5, 0.6) is 0 Å². The number of aryl methyl sites for hydroxylation is 1. The van der Waals surface area contributed by atoms with E-state index >= 15 is 0 Å². The molecule has 2 atom stereocenters. The van der Waals surface area contributed by atoms with E-state index in [1.165, 1.54) is 29.1 Å². The van der Waals surface area contributed by atoms with Gasteiger partial charge in [0.15, 0.2) is 0 Å². The second-order valence-corrected chi connectivity index (χ2v) is 6.00. The first-order chi connectivity index (χ1) is 7.72. The molecule has 0 amide bonds. The SMILES string of the molecule is CCN1CCCCC(N)C1c1ccc(C)s1. The fourth-order valence-electron chi connectivity index (χ4n) is 2.62. The monoisotopic (exact) mass is 238 g/mol. The van der Waals surface area contributed by atoms with Gasteiger partial charge in [-0.1, -0.05) is 13.3 Å². The van der Waals surface area contributed by atoms with Gasteiger partial charge in [0, 0.05) is 15.8 Å². The van der Waals surface area contributed by atoms with E-state index in [-0.39, 0.29) is 0 Å². The molecule has 16 heavy (non-hydrogen) atoms. The highest BCUT2D eigenvalue weighted by atomic mass is 32.1. The quantitative estimate of drug-likeness (QED) is 0.858. The van der Waals surface area contributed by atoms with Crippen LogP contribution in [0, 0.1) is 6.92 Å². The zero-order valence-corrected chi connectivity index (χ0v) is 11.1. The van der Waals surface area contributed by atoms with Gasteiger partial charge in [0.1, 0.15) is 0 Å². The lowest BCUT2D eigenvalue weighted by Gasteiger charge is -2.31. The Hall–Kier alpha value is -0.380. The minimum absolute atomic E-state index is 0.306. The number of hydrogen-bond acceptors (Lipinski definition) is 3. The number of likely N-dealkylation sites (N-methyl/N-ethyl adjacent to an activating group) is 1. The normalized spacial score (nSPS) is 27.9. The van der Waals surface area contributed by atoms with E-state index in [0.717, 1.165) is 13.0 Å². The molecule has 2 rings (SSSR count). The molecular formula is C13H22N2S. The van der Waals surface area contributed by atoms with Crippen LogP contribution < -0.4 is 5.73 Å². The molecule has 0 radical (unpaired) electrons. The van der Waals surface area contributed by atoms with E-state index in [0.29, 0.717) is 12.1 Å². The molecule has 90 valence electrons. The molecule has 1 aromatic heterocycles. The molecule has 2 unspecified atom stereocenters. The first kappa shape index (κ1) is 12.1. The molecule has 1 aliphatic heterocycles. The van der Waals surface area contributed by atoms with Gasteiger partial charge in [0.25, 0.3) is 0 Å². The van der Waals surface area contributed by atoms with Crippen LogP contribution in [0.2, 0.25) is 0 Å². The topological polar surface area (TPSA) is 29.3 Å². The number of likely N-dealkylation sites (tertiary alicyclic amines) is 1. The van der Waals surface area contributed by atoms with Crippen molar-refractivity contribution in [3.8, 4) is 0 Å². The van der Waals surface area contributed by atoms with Crippen molar-refractivity contribution in [1.82, 2.24) is 4.90 Å². The Balaban J connectivity index is 2.25. The minimum atomic E-state index is 0.306. The van der Waals surface area contributed by atoms with Crippen molar-refractivity contribution >= 4 is 11.3 Å². The summed E-state index contributed by atoms with van der Waals surface area (Å²) >= 11 is 1.90. The number of hydrogen-bond donors (Lipinski definition) is 1. The smallest absolute Gasteiger partial charge is 0.0593 e. The lowest BCUT2D eigenvalue weighted by atomic mass is 10.0. The standard InChI is InChI=1S/C13H22N2S/c1-3-15-9-5-4-6-11(14)13(15)12-8-7-10(2)16-12/h7-8,11,13H,3-6,9,14H2,1-2H3. The average Bonchev–Trinajstić information content (AvgIpc) is 2.59. The van der Waals surface area contributed by atoms with Crippen molar-refractivity contribution in [3.63, 3.8) is 0 Å². The zero-order chi connectivity index (χ0) is 11.5. The summed E-state index contributed by atoms with van der Waals surface area (Å²) in [7, 11) is 0. The molecule has 0 aromatic carbocycles. The van der Waals surface area contributed by atoms with Gasteiger partial charge in [-0.2, -0.15) is 0 Å². The molecule has 0 saturated carbocycles. The van der Waals surface area contributed by atoms with Gasteiger partial charge in [-0.05, 0) is 45.0 Å². The van der Waals surface area contributed by atoms with Crippen molar-refractivity contribution in [2.45, 2.75) is 45.2 Å². The molecule has 1 fully saturated rings. The van der Waals surface area contributed by atoms with Crippen LogP contribution in [-0.2, 0) is 0 Å². The van der Waals surface area contributed by atoms with Gasteiger partial charge >= 0.3 is 0 Å². The van der Waals surface area contributed by atoms with Gasteiger partial charge in [-0.3, -0.25) is 4.90 Å². The third-order valence-corrected chi connectivity index (χ3v) is 4.56. The number of nitrogens with zero attached hydrogens (tertiary/aromatic N) is 1. The van der Waals surface area contributed by atoms with Gasteiger partial charge < -0.3 is 5.73 Å². The van der Waals surface area contributed by atoms with Crippen LogP contribution in [0.25, 0.3) is 0 Å². The maximum Gasteiger partial charge on any atom is 0.0593 e. The Kier molecular flexibility index (Phi) is 4.00. The third kappa shape index (κ3) is 2.47. The Labute approximate surface area is 102 Å². The summed E-state index contributed by atoms with van der Waals surface area (Å²) in [6.07, 6.45) is 3.74. The van der Waals surface area contributed by atoms with Crippen LogP contribution in [0.4, 0.5) is 0 Å². The molecule has 2 nitrogen and oxygen atoms in total. The summed E-state index contributed by atoms with van der Waals surface area (Å²) in [5.41, 5.74) is 6.35. The van der Waals surface area contributed by atoms with Crippen molar-refractivity contribution in [2.24, 2.45) is 5.73 Å². The Bertz CT molecular complexity index is 334. The maximum absolute atomic E-state index is 6.35. The second kappa shape index (κ2) is 5.30. The van der Waals surface area contributed by atoms with Crippen molar-refractivity contribution < 1.29 is 0 Å². The summed E-state index contributed by atoms with van der Waals surface area (Å²) in [6.45, 7) is 6.72. The Morgan fingerprint density at radius 3 is 2.88 bits per heavy atom. The fourth-order valence-corrected chi connectivity index (χ4v) is 3.71. The molecule has 2 N–H and O–H groups in total. The van der Waals surface area contributed by atoms with Gasteiger partial charge in [0.05, 0.1) is 6.04 Å². The molecular weight excluding hydrogens is 216 g/mol. The molecule has 1 aromatic rings. The van der Waals surface area contributed by atoms with Crippen molar-refractivity contribution in [2.75, 3.05) is 13.1 Å². The molecule has 0 spiro atoms. The second-order valence-electron chi connectivity index (χ2n) is 4.68. The first-order valence-corrected chi connectivity index (χ1v) is 7.10. The van der Waals surface area contributed by atoms with E-state index in [1.807, 2.05) is 11.3 Å². The molecule has 3 heteroatoms. The molecule has 0 aliphatic carbocycles. The molecule has 1 saturated heterocycles. The summed E-state index contributed by atoms with van der Waals surface area (Å²) in [6, 6.07) is 5.23. The summed E-state index contributed by atoms with van der Waals surface area (Å²) < 4.78 is 0. The van der Waals surface area contributed by atoms with Gasteiger partial charge in [0.2, 0.25) is 0 Å². The zero-order valence-electron chi connectivity index (χ0n) is 10.3. The summed E-state index contributed by atoms with van der Waals surface area (Å²) in [5.74, 6) is 0. The van der Waals surface area contributed by atoms with Crippen LogP contribution in [-0.4, -0.2) is 24.0 Å². The summed E-state index contributed by atoms with van der Waals surface area (Å²) in [4.78, 5) is 5.39. The van der Waals surface area contributed by atoms with E-state index in [4.69, 9.17) is 5.73 Å². The largest absolute Gasteiger partial charge is 0.326 e. The minimum Gasteiger partial charge on any atom is -0.326 e. The van der Waals surface area contributed by atoms with E-state index in [9.17, 15) is 0 Å². The van der Waals surface area contributed by atoms with Gasteiger partial charge in [-0.25, -0.2) is 0 Å². The Morgan fingerprint density at radius 1 is 1.44 bits per heavy atom. The first-order valence-electron chi connectivity index (χ1n) is 6.28. The lowest BCUT2D eigenvalue weighted by Crippen LogP contribution is -2.39. The van der Waals surface area contributed by atoms with E-state index in [1.54, 1.807) is 0 Å². The summed E-state index contributed by atoms with van der Waals surface area (Å²) in [5, 5.41) is 0. The van der Waals surface area contributed by atoms with Crippen LogP contribution >= 0.6 is 11.3 Å². The molecule has 0 bridgehead atoms. The van der Waals surface area contributed by atoms with Crippen LogP contribution in [0.15, 0.2) is 12.1 Å². The predicted molar refractivity (Wildman–Crippen MR) is 70.9 cm³/mol. The predicted octanol–water partition coefficient (Wildman–Crippen LogP) is 2.93. The maximum atomic E-state index is 6.35. The number of rotatable bonds is 2. The third-order valence-electron chi connectivity index (χ3n) is 3.49. The number of nitrogens with two attached hydrogens (primary N) is 1. The highest BCUT2D eigenvalue weighted by molar-refractivity contribution is 7.12. The highest BCUT2D eigenvalue weighted by Gasteiger charge is 2.28. The van der Waals surface area contributed by atoms with Crippen LogP contribution in [0.3, 0.4) is 0 Å². The fraction of sp³-hybridized carbons (Fsp3) is 0.692. The molecule has 1 aliphatic rings. The van der Waals surface area contributed by atoms with Crippen LogP contribution in [0.1, 0.15) is 42.0 Å². The van der Waals surface area contributed by atoms with Crippen molar-refractivity contribution in [3.05, 3.63) is 21.9 Å². The Morgan fingerprint density at radius 2 is 2.25 bits per heavy atom. The van der Waals surface area contributed by atoms with E-state index < -0.39 is 0 Å².